The minimum atomic E-state index is -0.0939. The van der Waals surface area contributed by atoms with Gasteiger partial charge in [0.1, 0.15) is 12.4 Å². The lowest BCUT2D eigenvalue weighted by molar-refractivity contribution is -0.119. The summed E-state index contributed by atoms with van der Waals surface area (Å²) in [5, 5.41) is 6.60. The summed E-state index contributed by atoms with van der Waals surface area (Å²) in [6.07, 6.45) is 2.37. The van der Waals surface area contributed by atoms with Crippen molar-refractivity contribution < 1.29 is 14.3 Å². The average molecular weight is 375 g/mol. The predicted octanol–water partition coefficient (Wildman–Crippen LogP) is 3.63. The number of carbonyl (C=O) groups is 1. The second-order valence-corrected chi connectivity index (χ2v) is 6.60. The first-order chi connectivity index (χ1) is 12.7. The summed E-state index contributed by atoms with van der Waals surface area (Å²) in [6, 6.07) is 15.0. The van der Waals surface area contributed by atoms with Crippen molar-refractivity contribution in [2.75, 3.05) is 25.1 Å². The molecule has 0 aliphatic carbocycles. The Morgan fingerprint density at radius 1 is 1.19 bits per heavy atom. The minimum absolute atomic E-state index is 0.0939. The van der Waals surface area contributed by atoms with Crippen LogP contribution in [-0.2, 0) is 16.1 Å². The first kappa shape index (κ1) is 18.5. The first-order valence-corrected chi connectivity index (χ1v) is 9.17. The highest BCUT2D eigenvalue weighted by Gasteiger charge is 2.15. The molecule has 1 amide bonds. The number of benzene rings is 2. The number of rotatable bonds is 8. The van der Waals surface area contributed by atoms with Crippen LogP contribution in [0.1, 0.15) is 18.4 Å². The lowest BCUT2D eigenvalue weighted by Gasteiger charge is -2.12. The fourth-order valence-electron chi connectivity index (χ4n) is 2.71. The molecule has 1 unspecified atom stereocenters. The first-order valence-electron chi connectivity index (χ1n) is 8.79. The van der Waals surface area contributed by atoms with Crippen LogP contribution in [0, 0.1) is 0 Å². The molecule has 1 heterocycles. The zero-order valence-corrected chi connectivity index (χ0v) is 15.3. The SMILES string of the molecule is O=C(CNc1ccc(OCC2CCCO2)cc1)NCc1ccccc1Cl. The number of hydrogen-bond donors (Lipinski definition) is 2. The third kappa shape index (κ3) is 5.64. The van der Waals surface area contributed by atoms with E-state index in [2.05, 4.69) is 10.6 Å². The van der Waals surface area contributed by atoms with Crippen molar-refractivity contribution in [2.24, 2.45) is 0 Å². The second kappa shape index (κ2) is 9.46. The van der Waals surface area contributed by atoms with Gasteiger partial charge >= 0.3 is 0 Å². The summed E-state index contributed by atoms with van der Waals surface area (Å²) in [7, 11) is 0. The normalized spacial score (nSPS) is 16.3. The molecule has 0 aromatic heterocycles. The van der Waals surface area contributed by atoms with Gasteiger partial charge in [-0.15, -0.1) is 0 Å². The van der Waals surface area contributed by atoms with E-state index in [-0.39, 0.29) is 18.6 Å². The van der Waals surface area contributed by atoms with E-state index in [1.165, 1.54) is 0 Å². The highest BCUT2D eigenvalue weighted by atomic mass is 35.5. The van der Waals surface area contributed by atoms with Gasteiger partial charge in [-0.3, -0.25) is 4.79 Å². The van der Waals surface area contributed by atoms with Crippen molar-refractivity contribution >= 4 is 23.2 Å². The number of hydrogen-bond acceptors (Lipinski definition) is 4. The molecule has 2 aromatic rings. The highest BCUT2D eigenvalue weighted by molar-refractivity contribution is 6.31. The van der Waals surface area contributed by atoms with Gasteiger partial charge in [-0.2, -0.15) is 0 Å². The summed E-state index contributed by atoms with van der Waals surface area (Å²) in [5.74, 6) is 0.706. The lowest BCUT2D eigenvalue weighted by Crippen LogP contribution is -2.29. The summed E-state index contributed by atoms with van der Waals surface area (Å²) in [6.45, 7) is 2.02. The van der Waals surface area contributed by atoms with E-state index >= 15 is 0 Å². The maximum Gasteiger partial charge on any atom is 0.239 e. The molecule has 2 aromatic carbocycles. The van der Waals surface area contributed by atoms with Crippen molar-refractivity contribution in [1.29, 1.82) is 0 Å². The lowest BCUT2D eigenvalue weighted by atomic mass is 10.2. The predicted molar refractivity (Wildman–Crippen MR) is 103 cm³/mol. The summed E-state index contributed by atoms with van der Waals surface area (Å²) in [5.41, 5.74) is 1.76. The van der Waals surface area contributed by atoms with Crippen LogP contribution in [-0.4, -0.2) is 31.8 Å². The van der Waals surface area contributed by atoms with Gasteiger partial charge in [-0.05, 0) is 48.7 Å². The van der Waals surface area contributed by atoms with E-state index in [0.717, 1.165) is 36.4 Å². The Morgan fingerprint density at radius 2 is 2.00 bits per heavy atom. The molecule has 0 saturated carbocycles. The van der Waals surface area contributed by atoms with Gasteiger partial charge < -0.3 is 20.1 Å². The second-order valence-electron chi connectivity index (χ2n) is 6.19. The molecule has 0 bridgehead atoms. The Labute approximate surface area is 158 Å². The van der Waals surface area contributed by atoms with Crippen molar-refractivity contribution in [2.45, 2.75) is 25.5 Å². The minimum Gasteiger partial charge on any atom is -0.491 e. The van der Waals surface area contributed by atoms with E-state index in [9.17, 15) is 4.79 Å². The van der Waals surface area contributed by atoms with Crippen LogP contribution in [0.25, 0.3) is 0 Å². The van der Waals surface area contributed by atoms with Gasteiger partial charge in [0.05, 0.1) is 12.6 Å². The number of carbonyl (C=O) groups excluding carboxylic acids is 1. The van der Waals surface area contributed by atoms with Crippen molar-refractivity contribution in [3.05, 3.63) is 59.1 Å². The van der Waals surface area contributed by atoms with E-state index < -0.39 is 0 Å². The van der Waals surface area contributed by atoms with Gasteiger partial charge in [-0.1, -0.05) is 29.8 Å². The summed E-state index contributed by atoms with van der Waals surface area (Å²) >= 11 is 6.08. The fourth-order valence-corrected chi connectivity index (χ4v) is 2.92. The largest absolute Gasteiger partial charge is 0.491 e. The van der Waals surface area contributed by atoms with E-state index in [0.29, 0.717) is 18.2 Å². The zero-order chi connectivity index (χ0) is 18.2. The number of anilines is 1. The molecular formula is C20H23ClN2O3. The van der Waals surface area contributed by atoms with Crippen LogP contribution >= 0.6 is 11.6 Å². The quantitative estimate of drug-likeness (QED) is 0.740. The van der Waals surface area contributed by atoms with Crippen molar-refractivity contribution in [3.8, 4) is 5.75 Å². The van der Waals surface area contributed by atoms with E-state index in [1.807, 2.05) is 48.5 Å². The average Bonchev–Trinajstić information content (AvgIpc) is 3.18. The molecule has 2 N–H and O–H groups in total. The van der Waals surface area contributed by atoms with Crippen molar-refractivity contribution in [3.63, 3.8) is 0 Å². The highest BCUT2D eigenvalue weighted by Crippen LogP contribution is 2.18. The molecule has 138 valence electrons. The third-order valence-corrected chi connectivity index (χ3v) is 4.57. The third-order valence-electron chi connectivity index (χ3n) is 4.20. The monoisotopic (exact) mass is 374 g/mol. The number of halogens is 1. The molecule has 1 fully saturated rings. The Balaban J connectivity index is 1.38. The van der Waals surface area contributed by atoms with Crippen LogP contribution in [0.3, 0.4) is 0 Å². The molecule has 1 atom stereocenters. The molecule has 0 spiro atoms. The van der Waals surface area contributed by atoms with Gasteiger partial charge in [0.2, 0.25) is 5.91 Å². The Hall–Kier alpha value is -2.24. The molecule has 3 rings (SSSR count). The molecule has 1 saturated heterocycles. The Bertz CT molecular complexity index is 715. The topological polar surface area (TPSA) is 59.6 Å². The standard InChI is InChI=1S/C20H23ClN2O3/c21-19-6-2-1-4-15(19)12-23-20(24)13-22-16-7-9-17(10-8-16)26-14-18-5-3-11-25-18/h1-2,4,6-10,18,22H,3,5,11-14H2,(H,23,24). The number of nitrogens with one attached hydrogen (secondary N) is 2. The van der Waals surface area contributed by atoms with Crippen LogP contribution in [0.15, 0.2) is 48.5 Å². The van der Waals surface area contributed by atoms with E-state index in [1.54, 1.807) is 0 Å². The maximum absolute atomic E-state index is 12.0. The molecule has 1 aliphatic rings. The molecule has 5 nitrogen and oxygen atoms in total. The number of ether oxygens (including phenoxy) is 2. The number of amides is 1. The Morgan fingerprint density at radius 3 is 2.73 bits per heavy atom. The van der Waals surface area contributed by atoms with Crippen LogP contribution in [0.4, 0.5) is 5.69 Å². The van der Waals surface area contributed by atoms with Gasteiger partial charge in [-0.25, -0.2) is 0 Å². The molecule has 0 radical (unpaired) electrons. The van der Waals surface area contributed by atoms with E-state index in [4.69, 9.17) is 21.1 Å². The maximum atomic E-state index is 12.0. The van der Waals surface area contributed by atoms with Crippen LogP contribution in [0.5, 0.6) is 5.75 Å². The summed E-state index contributed by atoms with van der Waals surface area (Å²) < 4.78 is 11.3. The molecular weight excluding hydrogens is 352 g/mol. The van der Waals surface area contributed by atoms with Crippen LogP contribution < -0.4 is 15.4 Å². The van der Waals surface area contributed by atoms with Gasteiger partial charge in [0, 0.05) is 23.9 Å². The molecule has 6 heteroatoms. The van der Waals surface area contributed by atoms with Crippen LogP contribution in [0.2, 0.25) is 5.02 Å². The van der Waals surface area contributed by atoms with Gasteiger partial charge in [0.25, 0.3) is 0 Å². The Kier molecular flexibility index (Phi) is 6.75. The fraction of sp³-hybridized carbons (Fsp3) is 0.350. The van der Waals surface area contributed by atoms with Gasteiger partial charge in [0.15, 0.2) is 0 Å². The van der Waals surface area contributed by atoms with Crippen molar-refractivity contribution in [1.82, 2.24) is 5.32 Å². The smallest absolute Gasteiger partial charge is 0.239 e. The molecule has 26 heavy (non-hydrogen) atoms. The summed E-state index contributed by atoms with van der Waals surface area (Å²) in [4.78, 5) is 12.0. The zero-order valence-electron chi connectivity index (χ0n) is 14.5. The molecule has 1 aliphatic heterocycles.